The molecule has 398 valence electrons. The second kappa shape index (κ2) is 48.8. The number of aliphatic hydroxyl groups is 5. The van der Waals surface area contributed by atoms with Gasteiger partial charge in [0.15, 0.2) is 6.29 Å². The minimum Gasteiger partial charge on any atom is -0.394 e. The van der Waals surface area contributed by atoms with E-state index < -0.39 is 49.5 Å². The molecule has 1 heterocycles. The van der Waals surface area contributed by atoms with Gasteiger partial charge in [-0.1, -0.05) is 236 Å². The van der Waals surface area contributed by atoms with Crippen LogP contribution in [0.4, 0.5) is 0 Å². The van der Waals surface area contributed by atoms with Gasteiger partial charge in [0.2, 0.25) is 5.91 Å². The average molecular weight is 961 g/mol. The lowest BCUT2D eigenvalue weighted by molar-refractivity contribution is -0.302. The molecule has 1 amide bonds. The topological polar surface area (TPSA) is 149 Å². The SMILES string of the molecule is CCCCCCCCCCCCC/C=C\CCCCCCCCCC(=O)NC(COC1OC(CO)C(O)C(O)C1O)C(O)/C=C/CC/C=C/CC/C=C/CCCCCCCCCCCCCCC. The first-order valence-corrected chi connectivity index (χ1v) is 28.9. The molecule has 9 nitrogen and oxygen atoms in total. The predicted octanol–water partition coefficient (Wildman–Crippen LogP) is 14.1. The van der Waals surface area contributed by atoms with Crippen LogP contribution in [0.25, 0.3) is 0 Å². The fourth-order valence-electron chi connectivity index (χ4n) is 9.01. The van der Waals surface area contributed by atoms with E-state index in [4.69, 9.17) is 9.47 Å². The molecule has 0 aromatic heterocycles. The van der Waals surface area contributed by atoms with Crippen LogP contribution in [0.3, 0.4) is 0 Å². The molecular formula is C59H109NO8. The van der Waals surface area contributed by atoms with Crippen LogP contribution in [0.1, 0.15) is 264 Å². The summed E-state index contributed by atoms with van der Waals surface area (Å²) in [6.45, 7) is 3.78. The molecule has 0 spiro atoms. The van der Waals surface area contributed by atoms with Crippen molar-refractivity contribution in [3.63, 3.8) is 0 Å². The summed E-state index contributed by atoms with van der Waals surface area (Å²) >= 11 is 0. The van der Waals surface area contributed by atoms with Crippen molar-refractivity contribution in [1.29, 1.82) is 0 Å². The van der Waals surface area contributed by atoms with Gasteiger partial charge in [0.25, 0.3) is 0 Å². The molecule has 6 N–H and O–H groups in total. The molecule has 9 heteroatoms. The molecule has 7 atom stereocenters. The Morgan fingerprint density at radius 3 is 1.24 bits per heavy atom. The van der Waals surface area contributed by atoms with Gasteiger partial charge in [-0.25, -0.2) is 0 Å². The minimum absolute atomic E-state index is 0.193. The third-order valence-corrected chi connectivity index (χ3v) is 13.6. The largest absolute Gasteiger partial charge is 0.394 e. The van der Waals surface area contributed by atoms with Crippen LogP contribution in [0.2, 0.25) is 0 Å². The molecule has 1 rings (SSSR count). The maximum Gasteiger partial charge on any atom is 0.220 e. The lowest BCUT2D eigenvalue weighted by Crippen LogP contribution is -2.60. The first-order chi connectivity index (χ1) is 33.3. The zero-order valence-electron chi connectivity index (χ0n) is 44.1. The number of aliphatic hydroxyl groups excluding tert-OH is 5. The molecule has 0 aromatic carbocycles. The Morgan fingerprint density at radius 1 is 0.485 bits per heavy atom. The quantitative estimate of drug-likeness (QED) is 0.0261. The highest BCUT2D eigenvalue weighted by Crippen LogP contribution is 2.23. The first-order valence-electron chi connectivity index (χ1n) is 28.9. The number of hydrogen-bond acceptors (Lipinski definition) is 8. The van der Waals surface area contributed by atoms with Gasteiger partial charge in [0.1, 0.15) is 24.4 Å². The van der Waals surface area contributed by atoms with E-state index in [1.54, 1.807) is 6.08 Å². The summed E-state index contributed by atoms with van der Waals surface area (Å²) < 4.78 is 11.3. The van der Waals surface area contributed by atoms with Crippen LogP contribution < -0.4 is 5.32 Å². The smallest absolute Gasteiger partial charge is 0.220 e. The third-order valence-electron chi connectivity index (χ3n) is 13.6. The summed E-state index contributed by atoms with van der Waals surface area (Å²) in [5, 5.41) is 54.5. The molecule has 1 aliphatic rings. The average Bonchev–Trinajstić information content (AvgIpc) is 3.34. The Hall–Kier alpha value is -1.85. The van der Waals surface area contributed by atoms with Crippen LogP contribution in [-0.4, -0.2) is 87.5 Å². The molecule has 0 saturated carbocycles. The molecule has 7 unspecified atom stereocenters. The van der Waals surface area contributed by atoms with Crippen molar-refractivity contribution in [2.24, 2.45) is 0 Å². The number of carbonyl (C=O) groups is 1. The van der Waals surface area contributed by atoms with E-state index in [-0.39, 0.29) is 12.5 Å². The van der Waals surface area contributed by atoms with Crippen LogP contribution in [0.15, 0.2) is 48.6 Å². The van der Waals surface area contributed by atoms with Crippen LogP contribution in [0, 0.1) is 0 Å². The maximum atomic E-state index is 13.0. The Balaban J connectivity index is 2.28. The van der Waals surface area contributed by atoms with Gasteiger partial charge in [-0.15, -0.1) is 0 Å². The number of hydrogen-bond donors (Lipinski definition) is 6. The third kappa shape index (κ3) is 37.9. The normalized spacial score (nSPS) is 19.9. The Morgan fingerprint density at radius 2 is 0.838 bits per heavy atom. The summed E-state index contributed by atoms with van der Waals surface area (Å²) in [5.41, 5.74) is 0. The van der Waals surface area contributed by atoms with Gasteiger partial charge in [0.05, 0.1) is 25.4 Å². The van der Waals surface area contributed by atoms with Crippen molar-refractivity contribution >= 4 is 5.91 Å². The summed E-state index contributed by atoms with van der Waals surface area (Å²) in [6.07, 6.45) is 57.5. The fourth-order valence-corrected chi connectivity index (χ4v) is 9.01. The molecule has 1 fully saturated rings. The maximum absolute atomic E-state index is 13.0. The van der Waals surface area contributed by atoms with Gasteiger partial charge in [-0.2, -0.15) is 0 Å². The van der Waals surface area contributed by atoms with E-state index in [2.05, 4.69) is 55.6 Å². The highest BCUT2D eigenvalue weighted by Gasteiger charge is 2.44. The van der Waals surface area contributed by atoms with E-state index in [9.17, 15) is 30.3 Å². The van der Waals surface area contributed by atoms with Crippen LogP contribution >= 0.6 is 0 Å². The van der Waals surface area contributed by atoms with Gasteiger partial charge >= 0.3 is 0 Å². The van der Waals surface area contributed by atoms with E-state index in [1.807, 2.05) is 6.08 Å². The first kappa shape index (κ1) is 64.2. The van der Waals surface area contributed by atoms with Crippen LogP contribution in [-0.2, 0) is 14.3 Å². The number of allylic oxidation sites excluding steroid dienone is 7. The molecule has 0 radical (unpaired) electrons. The number of amides is 1. The zero-order chi connectivity index (χ0) is 49.4. The van der Waals surface area contributed by atoms with Crippen molar-refractivity contribution in [2.75, 3.05) is 13.2 Å². The van der Waals surface area contributed by atoms with Gasteiger partial charge in [0, 0.05) is 6.42 Å². The standard InChI is InChI=1S/C59H109NO8/c1-3-5-7-9-11-13-15-17-19-21-23-25-27-28-30-32-34-36-38-40-42-44-46-48-53(62)52(51-67-59-58(66)57(65)56(64)54(50-61)68-59)60-55(63)49-47-45-43-41-39-37-35-33-31-29-26-24-22-20-18-16-14-12-10-8-6-4-2/h29-32,38,40,46,48,52-54,56-59,61-62,64-66H,3-28,33-37,39,41-45,47,49-51H2,1-2H3,(H,60,63)/b31-29-,32-30+,40-38+,48-46+. The highest BCUT2D eigenvalue weighted by atomic mass is 16.7. The van der Waals surface area contributed by atoms with Crippen molar-refractivity contribution < 1.29 is 39.8 Å². The number of ether oxygens (including phenoxy) is 2. The number of carbonyl (C=O) groups excluding carboxylic acids is 1. The summed E-state index contributed by atoms with van der Waals surface area (Å²) in [4.78, 5) is 13.0. The molecule has 1 saturated heterocycles. The van der Waals surface area contributed by atoms with Crippen molar-refractivity contribution in [3.8, 4) is 0 Å². The molecule has 1 aliphatic heterocycles. The van der Waals surface area contributed by atoms with E-state index >= 15 is 0 Å². The summed E-state index contributed by atoms with van der Waals surface area (Å²) in [5.74, 6) is -0.193. The summed E-state index contributed by atoms with van der Waals surface area (Å²) in [6, 6.07) is -0.832. The fraction of sp³-hybridized carbons (Fsp3) is 0.847. The molecule has 68 heavy (non-hydrogen) atoms. The monoisotopic (exact) mass is 960 g/mol. The van der Waals surface area contributed by atoms with Gasteiger partial charge in [-0.3, -0.25) is 4.79 Å². The van der Waals surface area contributed by atoms with Gasteiger partial charge in [-0.05, 0) is 70.6 Å². The minimum atomic E-state index is -1.58. The number of nitrogens with one attached hydrogen (secondary N) is 1. The lowest BCUT2D eigenvalue weighted by atomic mass is 9.99. The van der Waals surface area contributed by atoms with Gasteiger partial charge < -0.3 is 40.3 Å². The predicted molar refractivity (Wildman–Crippen MR) is 286 cm³/mol. The van der Waals surface area contributed by atoms with Crippen molar-refractivity contribution in [2.45, 2.75) is 307 Å². The molecule has 0 aliphatic carbocycles. The second-order valence-corrected chi connectivity index (χ2v) is 20.1. The Kier molecular flexibility index (Phi) is 46.0. The highest BCUT2D eigenvalue weighted by molar-refractivity contribution is 5.76. The Labute approximate surface area is 418 Å². The molecular weight excluding hydrogens is 851 g/mol. The molecule has 0 aromatic rings. The summed E-state index contributed by atoms with van der Waals surface area (Å²) in [7, 11) is 0. The van der Waals surface area contributed by atoms with Crippen molar-refractivity contribution in [1.82, 2.24) is 5.32 Å². The second-order valence-electron chi connectivity index (χ2n) is 20.1. The number of unbranched alkanes of at least 4 members (excludes halogenated alkanes) is 33. The van der Waals surface area contributed by atoms with Crippen molar-refractivity contribution in [3.05, 3.63) is 48.6 Å². The number of rotatable bonds is 49. The lowest BCUT2D eigenvalue weighted by Gasteiger charge is -2.40. The molecule has 0 bridgehead atoms. The van der Waals surface area contributed by atoms with E-state index in [0.29, 0.717) is 6.42 Å². The van der Waals surface area contributed by atoms with E-state index in [1.165, 1.54) is 186 Å². The van der Waals surface area contributed by atoms with Crippen LogP contribution in [0.5, 0.6) is 0 Å². The Bertz CT molecular complexity index is 1210. The zero-order valence-corrected chi connectivity index (χ0v) is 44.1. The van der Waals surface area contributed by atoms with E-state index in [0.717, 1.165) is 57.8 Å².